The molecule has 6 heteroatoms. The molecule has 1 atom stereocenters. The number of methoxy groups -OCH3 is 1. The summed E-state index contributed by atoms with van der Waals surface area (Å²) in [5.41, 5.74) is 4.48. The molecule has 0 spiro atoms. The predicted molar refractivity (Wildman–Crippen MR) is 117 cm³/mol. The number of ether oxygens (including phenoxy) is 1. The van der Waals surface area contributed by atoms with Crippen LogP contribution in [0.15, 0.2) is 66.9 Å². The number of aromatic hydroxyl groups is 1. The van der Waals surface area contributed by atoms with Crippen molar-refractivity contribution in [2.45, 2.75) is 18.9 Å². The molecule has 0 saturated heterocycles. The first kappa shape index (κ1) is 19.2. The molecule has 2 heterocycles. The standard InChI is InChI=1S/C25H21FN2O3/c1-31-23-11-16(8-9-22(23)29)18-12-24(30)27-20-6-3-7-21-25(20)19(18)14-28(21)13-15-4-2-5-17(26)10-15/h2-11,14,18,29H,12-13H2,1H3,(H,27,30). The minimum atomic E-state index is -0.266. The molecule has 156 valence electrons. The molecule has 0 bridgehead atoms. The van der Waals surface area contributed by atoms with E-state index in [1.54, 1.807) is 18.2 Å². The van der Waals surface area contributed by atoms with Crippen molar-refractivity contribution in [3.63, 3.8) is 0 Å². The van der Waals surface area contributed by atoms with Gasteiger partial charge in [0, 0.05) is 30.5 Å². The van der Waals surface area contributed by atoms with Crippen LogP contribution in [0.1, 0.15) is 29.0 Å². The monoisotopic (exact) mass is 416 g/mol. The Morgan fingerprint density at radius 3 is 2.81 bits per heavy atom. The van der Waals surface area contributed by atoms with Crippen molar-refractivity contribution in [3.8, 4) is 11.5 Å². The SMILES string of the molecule is COc1cc(C2CC(=O)Nc3cccc4c3c2cn4Cc2cccc(F)c2)ccc1O. The van der Waals surface area contributed by atoms with E-state index in [4.69, 9.17) is 4.74 Å². The van der Waals surface area contributed by atoms with E-state index >= 15 is 0 Å². The zero-order valence-corrected chi connectivity index (χ0v) is 16.9. The number of rotatable bonds is 4. The Bertz CT molecular complexity index is 1310. The van der Waals surface area contributed by atoms with Crippen LogP contribution in [-0.2, 0) is 11.3 Å². The molecular formula is C25H21FN2O3. The highest BCUT2D eigenvalue weighted by Gasteiger charge is 2.28. The number of benzene rings is 3. The molecule has 5 rings (SSSR count). The maximum atomic E-state index is 13.7. The summed E-state index contributed by atoms with van der Waals surface area (Å²) in [6.45, 7) is 0.511. The van der Waals surface area contributed by atoms with Crippen LogP contribution in [0, 0.1) is 5.82 Å². The number of phenols is 1. The Hall–Kier alpha value is -3.80. The molecule has 2 N–H and O–H groups in total. The fraction of sp³-hybridized carbons (Fsp3) is 0.160. The third kappa shape index (κ3) is 3.40. The van der Waals surface area contributed by atoms with E-state index in [0.29, 0.717) is 12.3 Å². The smallest absolute Gasteiger partial charge is 0.225 e. The van der Waals surface area contributed by atoms with Gasteiger partial charge < -0.3 is 19.7 Å². The Morgan fingerprint density at radius 1 is 1.16 bits per heavy atom. The lowest BCUT2D eigenvalue weighted by Crippen LogP contribution is -2.14. The van der Waals surface area contributed by atoms with Gasteiger partial charge in [0.1, 0.15) is 5.82 Å². The zero-order valence-electron chi connectivity index (χ0n) is 16.9. The number of carbonyl (C=O) groups is 1. The summed E-state index contributed by atoms with van der Waals surface area (Å²) >= 11 is 0. The molecule has 5 nitrogen and oxygen atoms in total. The molecule has 1 unspecified atom stereocenters. The second-order valence-corrected chi connectivity index (χ2v) is 7.78. The first-order valence-electron chi connectivity index (χ1n) is 10.1. The highest BCUT2D eigenvalue weighted by Crippen LogP contribution is 2.42. The second kappa shape index (κ2) is 7.47. The van der Waals surface area contributed by atoms with E-state index in [1.807, 2.05) is 36.5 Å². The molecule has 1 aromatic heterocycles. The number of halogens is 1. The number of amides is 1. The van der Waals surface area contributed by atoms with Crippen molar-refractivity contribution >= 4 is 22.5 Å². The van der Waals surface area contributed by atoms with Crippen LogP contribution < -0.4 is 10.1 Å². The number of hydrogen-bond donors (Lipinski definition) is 2. The fourth-order valence-electron chi connectivity index (χ4n) is 4.42. The zero-order chi connectivity index (χ0) is 21.5. The van der Waals surface area contributed by atoms with Crippen LogP contribution in [-0.4, -0.2) is 22.7 Å². The van der Waals surface area contributed by atoms with Gasteiger partial charge in [-0.3, -0.25) is 4.79 Å². The van der Waals surface area contributed by atoms with Crippen molar-refractivity contribution < 1.29 is 19.0 Å². The number of carbonyl (C=O) groups excluding carboxylic acids is 1. The largest absolute Gasteiger partial charge is 0.504 e. The summed E-state index contributed by atoms with van der Waals surface area (Å²) in [7, 11) is 1.50. The minimum absolute atomic E-state index is 0.0542. The highest BCUT2D eigenvalue weighted by atomic mass is 19.1. The minimum Gasteiger partial charge on any atom is -0.504 e. The van der Waals surface area contributed by atoms with E-state index in [1.165, 1.54) is 19.2 Å². The van der Waals surface area contributed by atoms with Crippen molar-refractivity contribution in [2.75, 3.05) is 12.4 Å². The van der Waals surface area contributed by atoms with Gasteiger partial charge in [0.15, 0.2) is 11.5 Å². The quantitative estimate of drug-likeness (QED) is 0.491. The van der Waals surface area contributed by atoms with Crippen molar-refractivity contribution in [3.05, 3.63) is 89.4 Å². The Morgan fingerprint density at radius 2 is 2.00 bits per heavy atom. The third-order valence-corrected chi connectivity index (χ3v) is 5.82. The van der Waals surface area contributed by atoms with E-state index < -0.39 is 0 Å². The number of phenolic OH excluding ortho intramolecular Hbond substituents is 1. The summed E-state index contributed by atoms with van der Waals surface area (Å²) in [5.74, 6) is -0.131. The summed E-state index contributed by atoms with van der Waals surface area (Å²) in [5, 5.41) is 14.0. The van der Waals surface area contributed by atoms with Gasteiger partial charge in [-0.05, 0) is 53.1 Å². The number of nitrogens with zero attached hydrogens (tertiary/aromatic N) is 1. The molecule has 1 aliphatic rings. The normalized spacial score (nSPS) is 15.5. The maximum absolute atomic E-state index is 13.7. The van der Waals surface area contributed by atoms with Gasteiger partial charge >= 0.3 is 0 Å². The van der Waals surface area contributed by atoms with Crippen molar-refractivity contribution in [1.82, 2.24) is 4.57 Å². The molecule has 0 fully saturated rings. The van der Waals surface area contributed by atoms with E-state index in [2.05, 4.69) is 9.88 Å². The van der Waals surface area contributed by atoms with Crippen LogP contribution >= 0.6 is 0 Å². The van der Waals surface area contributed by atoms with Crippen molar-refractivity contribution in [2.24, 2.45) is 0 Å². The van der Waals surface area contributed by atoms with E-state index in [0.717, 1.165) is 33.3 Å². The fourth-order valence-corrected chi connectivity index (χ4v) is 4.42. The summed E-state index contributed by atoms with van der Waals surface area (Å²) < 4.78 is 21.1. The molecule has 3 aromatic carbocycles. The average Bonchev–Trinajstić information content (AvgIpc) is 3.04. The molecule has 0 aliphatic carbocycles. The second-order valence-electron chi connectivity index (χ2n) is 7.78. The molecule has 4 aromatic rings. The molecule has 0 saturated carbocycles. The molecular weight excluding hydrogens is 395 g/mol. The molecule has 31 heavy (non-hydrogen) atoms. The van der Waals surface area contributed by atoms with E-state index in [-0.39, 0.29) is 29.8 Å². The number of aromatic nitrogens is 1. The lowest BCUT2D eigenvalue weighted by Gasteiger charge is -2.16. The average molecular weight is 416 g/mol. The Kier molecular flexibility index (Phi) is 4.62. The van der Waals surface area contributed by atoms with Crippen LogP contribution in [0.4, 0.5) is 10.1 Å². The van der Waals surface area contributed by atoms with Gasteiger partial charge in [-0.25, -0.2) is 4.39 Å². The Balaban J connectivity index is 1.68. The first-order chi connectivity index (χ1) is 15.0. The van der Waals surface area contributed by atoms with Gasteiger partial charge in [0.25, 0.3) is 0 Å². The molecule has 1 amide bonds. The molecule has 1 aliphatic heterocycles. The van der Waals surface area contributed by atoms with Crippen LogP contribution in [0.3, 0.4) is 0 Å². The van der Waals surface area contributed by atoms with Crippen LogP contribution in [0.2, 0.25) is 0 Å². The predicted octanol–water partition coefficient (Wildman–Crippen LogP) is 5.02. The van der Waals surface area contributed by atoms with Crippen LogP contribution in [0.25, 0.3) is 10.9 Å². The first-order valence-corrected chi connectivity index (χ1v) is 10.1. The van der Waals surface area contributed by atoms with Gasteiger partial charge in [0.2, 0.25) is 5.91 Å². The van der Waals surface area contributed by atoms with Gasteiger partial charge in [-0.2, -0.15) is 0 Å². The van der Waals surface area contributed by atoms with Gasteiger partial charge in [-0.15, -0.1) is 0 Å². The van der Waals surface area contributed by atoms with Crippen LogP contribution in [0.5, 0.6) is 11.5 Å². The highest BCUT2D eigenvalue weighted by molar-refractivity contribution is 6.06. The van der Waals surface area contributed by atoms with E-state index in [9.17, 15) is 14.3 Å². The summed E-state index contributed by atoms with van der Waals surface area (Å²) in [4.78, 5) is 12.7. The summed E-state index contributed by atoms with van der Waals surface area (Å²) in [6, 6.07) is 17.6. The summed E-state index contributed by atoms with van der Waals surface area (Å²) in [6.07, 6.45) is 2.31. The number of anilines is 1. The topological polar surface area (TPSA) is 63.5 Å². The lowest BCUT2D eigenvalue weighted by molar-refractivity contribution is -0.116. The number of nitrogens with one attached hydrogen (secondary N) is 1. The molecule has 0 radical (unpaired) electrons. The van der Waals surface area contributed by atoms with Gasteiger partial charge in [0.05, 0.1) is 18.3 Å². The van der Waals surface area contributed by atoms with Gasteiger partial charge in [-0.1, -0.05) is 24.3 Å². The number of hydrogen-bond acceptors (Lipinski definition) is 3. The lowest BCUT2D eigenvalue weighted by atomic mass is 9.88. The third-order valence-electron chi connectivity index (χ3n) is 5.82. The van der Waals surface area contributed by atoms with Crippen molar-refractivity contribution in [1.29, 1.82) is 0 Å². The maximum Gasteiger partial charge on any atom is 0.225 e. The Labute approximate surface area is 178 Å².